The Morgan fingerprint density at radius 2 is 1.53 bits per heavy atom. The van der Waals surface area contributed by atoms with Gasteiger partial charge in [-0.1, -0.05) is 89.9 Å². The molecule has 2 rings (SSSR count). The third-order valence-corrected chi connectivity index (χ3v) is 4.75. The van der Waals surface area contributed by atoms with E-state index >= 15 is 0 Å². The van der Waals surface area contributed by atoms with Gasteiger partial charge in [0.1, 0.15) is 24.2 Å². The topological polar surface area (TPSA) is 39.7 Å². The summed E-state index contributed by atoms with van der Waals surface area (Å²) in [5, 5.41) is 3.48. The zero-order valence-electron chi connectivity index (χ0n) is 24.4. The normalized spacial score (nSPS) is 11.2. The molecule has 0 aromatic heterocycles. The standard InChI is InChI=1S/C25H35NO3.C3H8.C2H6.C2H4/c1-5-6-16-28-24-14-12-23(13-15-24)21(3)29-25(19-27-4)20(2)17-26-18-22-10-8-7-9-11-22;1-3-2;2*1-2/h7-15,21,26H,5-6,16-19H2,1-4H3;3H2,1-2H3;1-2H3;1-2H2/b25-20+;;;. The van der Waals surface area contributed by atoms with Crippen LogP contribution in [0.5, 0.6) is 5.75 Å². The Morgan fingerprint density at radius 1 is 0.944 bits per heavy atom. The Bertz CT molecular complexity index is 757. The number of nitrogens with one attached hydrogen (secondary N) is 1. The van der Waals surface area contributed by atoms with E-state index in [0.717, 1.165) is 55.2 Å². The molecule has 1 N–H and O–H groups in total. The second kappa shape index (κ2) is 25.5. The number of hydrogen-bond donors (Lipinski definition) is 1. The smallest absolute Gasteiger partial charge is 0.123 e. The highest BCUT2D eigenvalue weighted by Gasteiger charge is 2.12. The molecule has 0 radical (unpaired) electrons. The minimum Gasteiger partial charge on any atom is -0.494 e. The first-order valence-electron chi connectivity index (χ1n) is 13.4. The molecule has 0 aliphatic heterocycles. The molecule has 2 aromatic rings. The fraction of sp³-hybridized carbons (Fsp3) is 0.500. The van der Waals surface area contributed by atoms with Gasteiger partial charge in [-0.2, -0.15) is 0 Å². The molecular weight excluding hydrogens is 446 g/mol. The van der Waals surface area contributed by atoms with Gasteiger partial charge >= 0.3 is 0 Å². The largest absolute Gasteiger partial charge is 0.494 e. The summed E-state index contributed by atoms with van der Waals surface area (Å²) in [7, 11) is 1.70. The fourth-order valence-electron chi connectivity index (χ4n) is 2.93. The van der Waals surface area contributed by atoms with Crippen LogP contribution in [0.2, 0.25) is 0 Å². The molecule has 204 valence electrons. The van der Waals surface area contributed by atoms with E-state index in [1.54, 1.807) is 7.11 Å². The minimum absolute atomic E-state index is 0.0612. The van der Waals surface area contributed by atoms with Gasteiger partial charge in [0.15, 0.2) is 0 Å². The molecule has 1 atom stereocenters. The third-order valence-electron chi connectivity index (χ3n) is 4.75. The average Bonchev–Trinajstić information content (AvgIpc) is 2.92. The van der Waals surface area contributed by atoms with Gasteiger partial charge in [0.25, 0.3) is 0 Å². The van der Waals surface area contributed by atoms with Gasteiger partial charge in [0, 0.05) is 20.2 Å². The van der Waals surface area contributed by atoms with Gasteiger partial charge < -0.3 is 19.5 Å². The maximum Gasteiger partial charge on any atom is 0.123 e. The molecule has 36 heavy (non-hydrogen) atoms. The molecule has 0 aliphatic carbocycles. The molecule has 4 heteroatoms. The average molecular weight is 500 g/mol. The van der Waals surface area contributed by atoms with Crippen molar-refractivity contribution in [2.75, 3.05) is 26.9 Å². The van der Waals surface area contributed by atoms with E-state index < -0.39 is 0 Å². The van der Waals surface area contributed by atoms with Crippen LogP contribution in [0, 0.1) is 0 Å². The zero-order valence-corrected chi connectivity index (χ0v) is 24.4. The predicted octanol–water partition coefficient (Wildman–Crippen LogP) is 8.90. The third kappa shape index (κ3) is 17.0. The monoisotopic (exact) mass is 499 g/mol. The first-order valence-corrected chi connectivity index (χ1v) is 13.4. The molecule has 2 aromatic carbocycles. The van der Waals surface area contributed by atoms with Crippen LogP contribution in [-0.4, -0.2) is 26.9 Å². The summed E-state index contributed by atoms with van der Waals surface area (Å²) >= 11 is 0. The number of hydrogen-bond acceptors (Lipinski definition) is 4. The molecule has 1 unspecified atom stereocenters. The number of ether oxygens (including phenoxy) is 3. The lowest BCUT2D eigenvalue weighted by atomic mass is 10.1. The second-order valence-corrected chi connectivity index (χ2v) is 7.96. The summed E-state index contributed by atoms with van der Waals surface area (Å²) in [6, 6.07) is 18.6. The SMILES string of the molecule is C=C.CC.CCC.CCCCOc1ccc(C(C)O/C(COC)=C(\C)CNCc2ccccc2)cc1. The quantitative estimate of drug-likeness (QED) is 0.170. The van der Waals surface area contributed by atoms with Gasteiger partial charge in [-0.15, -0.1) is 13.2 Å². The van der Waals surface area contributed by atoms with Crippen molar-refractivity contribution in [2.45, 2.75) is 80.4 Å². The van der Waals surface area contributed by atoms with Gasteiger partial charge in [-0.05, 0) is 49.1 Å². The molecule has 0 amide bonds. The second-order valence-electron chi connectivity index (χ2n) is 7.96. The van der Waals surface area contributed by atoms with Crippen LogP contribution in [0.15, 0.2) is 79.1 Å². The minimum atomic E-state index is -0.0612. The highest BCUT2D eigenvalue weighted by atomic mass is 16.5. The Kier molecular flexibility index (Phi) is 25.2. The maximum absolute atomic E-state index is 6.25. The summed E-state index contributed by atoms with van der Waals surface area (Å²) < 4.78 is 17.4. The summed E-state index contributed by atoms with van der Waals surface area (Å²) in [4.78, 5) is 0. The number of unbranched alkanes of at least 4 members (excludes halogenated alkanes) is 1. The van der Waals surface area contributed by atoms with E-state index in [1.807, 2.05) is 32.0 Å². The highest BCUT2D eigenvalue weighted by molar-refractivity contribution is 5.28. The molecule has 0 saturated carbocycles. The number of rotatable bonds is 13. The van der Waals surface area contributed by atoms with Crippen molar-refractivity contribution < 1.29 is 14.2 Å². The Morgan fingerprint density at radius 3 is 2.06 bits per heavy atom. The van der Waals surface area contributed by atoms with E-state index in [1.165, 1.54) is 12.0 Å². The van der Waals surface area contributed by atoms with Gasteiger partial charge in [-0.3, -0.25) is 0 Å². The van der Waals surface area contributed by atoms with Gasteiger partial charge in [-0.25, -0.2) is 0 Å². The lowest BCUT2D eigenvalue weighted by molar-refractivity contribution is 0.0823. The molecule has 0 heterocycles. The van der Waals surface area contributed by atoms with Crippen molar-refractivity contribution in [3.63, 3.8) is 0 Å². The van der Waals surface area contributed by atoms with Crippen LogP contribution < -0.4 is 10.1 Å². The number of methoxy groups -OCH3 is 1. The Hall–Kier alpha value is -2.56. The van der Waals surface area contributed by atoms with Crippen LogP contribution in [0.25, 0.3) is 0 Å². The summed E-state index contributed by atoms with van der Waals surface area (Å²) in [6.07, 6.45) is 3.40. The molecule has 0 fully saturated rings. The Labute approximate surface area is 222 Å². The Balaban J connectivity index is 0. The van der Waals surface area contributed by atoms with Crippen molar-refractivity contribution >= 4 is 0 Å². The summed E-state index contributed by atoms with van der Waals surface area (Å²) in [5.74, 6) is 1.78. The predicted molar refractivity (Wildman–Crippen MR) is 158 cm³/mol. The molecular formula is C32H53NO3. The van der Waals surface area contributed by atoms with Crippen LogP contribution in [0.3, 0.4) is 0 Å². The summed E-state index contributed by atoms with van der Waals surface area (Å²) in [6.45, 7) is 23.4. The summed E-state index contributed by atoms with van der Waals surface area (Å²) in [5.41, 5.74) is 3.53. The van der Waals surface area contributed by atoms with Crippen molar-refractivity contribution in [3.05, 3.63) is 90.2 Å². The van der Waals surface area contributed by atoms with E-state index in [-0.39, 0.29) is 6.10 Å². The lowest BCUT2D eigenvalue weighted by Gasteiger charge is -2.20. The zero-order chi connectivity index (χ0) is 27.6. The molecule has 0 bridgehead atoms. The van der Waals surface area contributed by atoms with Crippen LogP contribution in [-0.2, 0) is 16.0 Å². The van der Waals surface area contributed by atoms with Crippen LogP contribution >= 0.6 is 0 Å². The highest BCUT2D eigenvalue weighted by Crippen LogP contribution is 2.24. The first-order chi connectivity index (χ1) is 17.5. The number of benzene rings is 2. The van der Waals surface area contributed by atoms with Crippen molar-refractivity contribution in [1.29, 1.82) is 0 Å². The van der Waals surface area contributed by atoms with Gasteiger partial charge in [0.05, 0.1) is 6.61 Å². The van der Waals surface area contributed by atoms with Crippen molar-refractivity contribution in [1.82, 2.24) is 5.32 Å². The van der Waals surface area contributed by atoms with E-state index in [4.69, 9.17) is 14.2 Å². The van der Waals surface area contributed by atoms with E-state index in [9.17, 15) is 0 Å². The van der Waals surface area contributed by atoms with Crippen molar-refractivity contribution in [2.24, 2.45) is 0 Å². The van der Waals surface area contributed by atoms with Crippen molar-refractivity contribution in [3.8, 4) is 5.75 Å². The molecule has 0 spiro atoms. The van der Waals surface area contributed by atoms with Crippen LogP contribution in [0.4, 0.5) is 0 Å². The molecule has 4 nitrogen and oxygen atoms in total. The lowest BCUT2D eigenvalue weighted by Crippen LogP contribution is -2.18. The fourth-order valence-corrected chi connectivity index (χ4v) is 2.93. The van der Waals surface area contributed by atoms with E-state index in [0.29, 0.717) is 6.61 Å². The first kappa shape index (κ1) is 35.6. The maximum atomic E-state index is 6.25. The van der Waals surface area contributed by atoms with Gasteiger partial charge in [0.2, 0.25) is 0 Å². The van der Waals surface area contributed by atoms with Crippen LogP contribution in [0.1, 0.15) is 85.0 Å². The van der Waals surface area contributed by atoms with E-state index in [2.05, 4.69) is 89.5 Å². The molecule has 0 saturated heterocycles. The molecule has 0 aliphatic rings.